The van der Waals surface area contributed by atoms with E-state index in [0.29, 0.717) is 5.56 Å². The van der Waals surface area contributed by atoms with Gasteiger partial charge in [0.25, 0.3) is 0 Å². The standard InChI is InChI=1S/C11H13F2NO2/c1-2-16-11(15)6-10(14)7-3-4-8(12)9(13)5-7/h3-5,10H,2,6,14H2,1H3/t10-/m1/s1. The van der Waals surface area contributed by atoms with Gasteiger partial charge >= 0.3 is 5.97 Å². The summed E-state index contributed by atoms with van der Waals surface area (Å²) in [5.41, 5.74) is 6.02. The van der Waals surface area contributed by atoms with Gasteiger partial charge in [0.1, 0.15) is 0 Å². The second-order valence-corrected chi connectivity index (χ2v) is 3.29. The molecule has 0 aliphatic carbocycles. The third kappa shape index (κ3) is 3.27. The van der Waals surface area contributed by atoms with Gasteiger partial charge in [-0.05, 0) is 24.6 Å². The number of carbonyl (C=O) groups excluding carboxylic acids is 1. The molecule has 0 saturated carbocycles. The van der Waals surface area contributed by atoms with Gasteiger partial charge in [0.15, 0.2) is 11.6 Å². The lowest BCUT2D eigenvalue weighted by Crippen LogP contribution is -2.17. The second kappa shape index (κ2) is 5.55. The average molecular weight is 229 g/mol. The first-order chi connectivity index (χ1) is 7.54. The first-order valence-electron chi connectivity index (χ1n) is 4.90. The number of ether oxygens (including phenoxy) is 1. The fourth-order valence-electron chi connectivity index (χ4n) is 1.26. The summed E-state index contributed by atoms with van der Waals surface area (Å²) >= 11 is 0. The Morgan fingerprint density at radius 1 is 1.44 bits per heavy atom. The van der Waals surface area contributed by atoms with Crippen LogP contribution in [-0.4, -0.2) is 12.6 Å². The van der Waals surface area contributed by atoms with Gasteiger partial charge in [0.2, 0.25) is 0 Å². The minimum absolute atomic E-state index is 0.0566. The fraction of sp³-hybridized carbons (Fsp3) is 0.364. The van der Waals surface area contributed by atoms with E-state index < -0.39 is 23.6 Å². The smallest absolute Gasteiger partial charge is 0.307 e. The quantitative estimate of drug-likeness (QED) is 0.802. The highest BCUT2D eigenvalue weighted by atomic mass is 19.2. The summed E-state index contributed by atoms with van der Waals surface area (Å²) in [7, 11) is 0. The summed E-state index contributed by atoms with van der Waals surface area (Å²) in [4.78, 5) is 11.1. The Hall–Kier alpha value is -1.49. The molecule has 0 aromatic heterocycles. The molecular formula is C11H13F2NO2. The molecule has 16 heavy (non-hydrogen) atoms. The molecule has 1 aromatic carbocycles. The zero-order valence-electron chi connectivity index (χ0n) is 8.87. The van der Waals surface area contributed by atoms with Crippen molar-refractivity contribution in [2.45, 2.75) is 19.4 Å². The van der Waals surface area contributed by atoms with Crippen LogP contribution in [0, 0.1) is 11.6 Å². The van der Waals surface area contributed by atoms with E-state index in [9.17, 15) is 13.6 Å². The number of hydrogen-bond donors (Lipinski definition) is 1. The van der Waals surface area contributed by atoms with Crippen molar-refractivity contribution in [3.63, 3.8) is 0 Å². The predicted octanol–water partition coefficient (Wildman–Crippen LogP) is 1.92. The Labute approximate surface area is 92.2 Å². The lowest BCUT2D eigenvalue weighted by molar-refractivity contribution is -0.143. The molecule has 88 valence electrons. The number of rotatable bonds is 4. The van der Waals surface area contributed by atoms with Crippen molar-refractivity contribution in [2.24, 2.45) is 5.73 Å². The molecule has 0 heterocycles. The van der Waals surface area contributed by atoms with Crippen molar-refractivity contribution in [1.29, 1.82) is 0 Å². The van der Waals surface area contributed by atoms with Crippen LogP contribution in [0.1, 0.15) is 24.9 Å². The van der Waals surface area contributed by atoms with E-state index in [1.165, 1.54) is 6.07 Å². The molecule has 1 aromatic rings. The van der Waals surface area contributed by atoms with E-state index in [4.69, 9.17) is 10.5 Å². The van der Waals surface area contributed by atoms with Crippen molar-refractivity contribution in [3.8, 4) is 0 Å². The van der Waals surface area contributed by atoms with Crippen LogP contribution in [0.3, 0.4) is 0 Å². The SMILES string of the molecule is CCOC(=O)C[C@@H](N)c1ccc(F)c(F)c1. The van der Waals surface area contributed by atoms with Gasteiger partial charge in [-0.25, -0.2) is 8.78 Å². The molecule has 3 nitrogen and oxygen atoms in total. The number of nitrogens with two attached hydrogens (primary N) is 1. The maximum absolute atomic E-state index is 12.9. The second-order valence-electron chi connectivity index (χ2n) is 3.29. The maximum Gasteiger partial charge on any atom is 0.307 e. The highest BCUT2D eigenvalue weighted by Crippen LogP contribution is 2.17. The number of halogens is 2. The van der Waals surface area contributed by atoms with Crippen LogP contribution in [0.5, 0.6) is 0 Å². The van der Waals surface area contributed by atoms with Crippen LogP contribution in [0.2, 0.25) is 0 Å². The molecule has 0 radical (unpaired) electrons. The van der Waals surface area contributed by atoms with Crippen molar-refractivity contribution < 1.29 is 18.3 Å². The minimum atomic E-state index is -0.975. The van der Waals surface area contributed by atoms with E-state index in [1.54, 1.807) is 6.92 Å². The van der Waals surface area contributed by atoms with Crippen molar-refractivity contribution in [3.05, 3.63) is 35.4 Å². The Morgan fingerprint density at radius 2 is 2.12 bits per heavy atom. The predicted molar refractivity (Wildman–Crippen MR) is 54.5 cm³/mol. The summed E-state index contributed by atoms with van der Waals surface area (Å²) in [6.45, 7) is 1.95. The lowest BCUT2D eigenvalue weighted by atomic mass is 10.0. The van der Waals surface area contributed by atoms with E-state index >= 15 is 0 Å². The van der Waals surface area contributed by atoms with E-state index in [0.717, 1.165) is 12.1 Å². The molecule has 5 heteroatoms. The van der Waals surface area contributed by atoms with Crippen molar-refractivity contribution in [2.75, 3.05) is 6.61 Å². The molecule has 1 rings (SSSR count). The Morgan fingerprint density at radius 3 is 2.69 bits per heavy atom. The molecule has 0 bridgehead atoms. The number of hydrogen-bond acceptors (Lipinski definition) is 3. The first kappa shape index (κ1) is 12.6. The van der Waals surface area contributed by atoms with Gasteiger partial charge in [-0.2, -0.15) is 0 Å². The number of carbonyl (C=O) groups is 1. The highest BCUT2D eigenvalue weighted by Gasteiger charge is 2.14. The normalized spacial score (nSPS) is 12.2. The number of esters is 1. The molecule has 0 aliphatic rings. The largest absolute Gasteiger partial charge is 0.466 e. The van der Waals surface area contributed by atoms with Gasteiger partial charge in [0.05, 0.1) is 13.0 Å². The van der Waals surface area contributed by atoms with Crippen molar-refractivity contribution >= 4 is 5.97 Å². The van der Waals surface area contributed by atoms with Crippen LogP contribution in [-0.2, 0) is 9.53 Å². The summed E-state index contributed by atoms with van der Waals surface area (Å²) in [5, 5.41) is 0. The molecule has 2 N–H and O–H groups in total. The zero-order valence-corrected chi connectivity index (χ0v) is 8.87. The van der Waals surface area contributed by atoms with Crippen LogP contribution in [0.25, 0.3) is 0 Å². The monoisotopic (exact) mass is 229 g/mol. The molecule has 1 atom stereocenters. The summed E-state index contributed by atoms with van der Waals surface area (Å²) in [5.74, 6) is -2.37. The van der Waals surface area contributed by atoms with Crippen LogP contribution < -0.4 is 5.73 Å². The third-order valence-electron chi connectivity index (χ3n) is 2.06. The minimum Gasteiger partial charge on any atom is -0.466 e. The first-order valence-corrected chi connectivity index (χ1v) is 4.90. The van der Waals surface area contributed by atoms with Crippen LogP contribution >= 0.6 is 0 Å². The van der Waals surface area contributed by atoms with Gasteiger partial charge in [0, 0.05) is 6.04 Å². The Balaban J connectivity index is 2.69. The van der Waals surface area contributed by atoms with Gasteiger partial charge in [-0.3, -0.25) is 4.79 Å². The topological polar surface area (TPSA) is 52.3 Å². The van der Waals surface area contributed by atoms with Crippen LogP contribution in [0.4, 0.5) is 8.78 Å². The van der Waals surface area contributed by atoms with E-state index in [2.05, 4.69) is 0 Å². The van der Waals surface area contributed by atoms with Crippen LogP contribution in [0.15, 0.2) is 18.2 Å². The average Bonchev–Trinajstić information content (AvgIpc) is 2.22. The van der Waals surface area contributed by atoms with Gasteiger partial charge < -0.3 is 10.5 Å². The van der Waals surface area contributed by atoms with Gasteiger partial charge in [-0.1, -0.05) is 6.07 Å². The molecule has 0 amide bonds. The molecule has 0 aliphatic heterocycles. The Bertz CT molecular complexity index is 382. The molecule has 0 fully saturated rings. The maximum atomic E-state index is 12.9. The molecule has 0 spiro atoms. The van der Waals surface area contributed by atoms with Gasteiger partial charge in [-0.15, -0.1) is 0 Å². The fourth-order valence-corrected chi connectivity index (χ4v) is 1.26. The van der Waals surface area contributed by atoms with E-state index in [1.807, 2.05) is 0 Å². The highest BCUT2D eigenvalue weighted by molar-refractivity contribution is 5.70. The summed E-state index contributed by atoms with van der Waals surface area (Å²) in [6.07, 6.45) is -0.0566. The molecular weight excluding hydrogens is 216 g/mol. The number of benzene rings is 1. The molecule has 0 unspecified atom stereocenters. The third-order valence-corrected chi connectivity index (χ3v) is 2.06. The molecule has 0 saturated heterocycles. The zero-order chi connectivity index (χ0) is 12.1. The van der Waals surface area contributed by atoms with E-state index in [-0.39, 0.29) is 13.0 Å². The summed E-state index contributed by atoms with van der Waals surface area (Å²) < 4.78 is 30.2. The Kier molecular flexibility index (Phi) is 4.37. The lowest BCUT2D eigenvalue weighted by Gasteiger charge is -2.11. The van der Waals surface area contributed by atoms with Crippen molar-refractivity contribution in [1.82, 2.24) is 0 Å². The summed E-state index contributed by atoms with van der Waals surface area (Å²) in [6, 6.07) is 2.63.